The van der Waals surface area contributed by atoms with Crippen LogP contribution < -0.4 is 0 Å². The molecule has 3 heteroatoms. The molecule has 1 aliphatic rings. The van der Waals surface area contributed by atoms with E-state index in [4.69, 9.17) is 4.74 Å². The summed E-state index contributed by atoms with van der Waals surface area (Å²) in [5.74, 6) is -0.333. The maximum Gasteiger partial charge on any atom is 0.331 e. The molecular weight excluding hydrogens is 154 g/mol. The first-order chi connectivity index (χ1) is 5.83. The van der Waals surface area contributed by atoms with Gasteiger partial charge in [-0.3, -0.25) is 4.90 Å². The van der Waals surface area contributed by atoms with Crippen LogP contribution in [0.2, 0.25) is 0 Å². The summed E-state index contributed by atoms with van der Waals surface area (Å²) in [6.45, 7) is 5.84. The number of carbonyl (C=O) groups is 1. The van der Waals surface area contributed by atoms with Gasteiger partial charge < -0.3 is 4.74 Å². The molecule has 0 aromatic heterocycles. The van der Waals surface area contributed by atoms with Crippen molar-refractivity contribution in [2.75, 3.05) is 19.8 Å². The molecule has 0 aromatic rings. The number of nitrogens with zero attached hydrogens (tertiary/aromatic N) is 1. The number of piperidine rings is 1. The Labute approximate surface area is 73.0 Å². The summed E-state index contributed by atoms with van der Waals surface area (Å²) in [7, 11) is 0. The largest absolute Gasteiger partial charge is 0.446 e. The maximum atomic E-state index is 10.7. The smallest absolute Gasteiger partial charge is 0.331 e. The van der Waals surface area contributed by atoms with Gasteiger partial charge in [0.25, 0.3) is 0 Å². The molecule has 12 heavy (non-hydrogen) atoms. The van der Waals surface area contributed by atoms with Crippen LogP contribution in [0.15, 0.2) is 12.7 Å². The second-order valence-electron chi connectivity index (χ2n) is 2.98. The first-order valence-electron chi connectivity index (χ1n) is 4.34. The molecule has 0 aromatic carbocycles. The summed E-state index contributed by atoms with van der Waals surface area (Å²) in [4.78, 5) is 12.8. The lowest BCUT2D eigenvalue weighted by atomic mass is 10.1. The number of esters is 1. The molecule has 1 rings (SSSR count). The fourth-order valence-electron chi connectivity index (χ4n) is 1.30. The van der Waals surface area contributed by atoms with Crippen molar-refractivity contribution in [2.24, 2.45) is 0 Å². The van der Waals surface area contributed by atoms with E-state index in [0.717, 1.165) is 13.1 Å². The van der Waals surface area contributed by atoms with Gasteiger partial charge in [-0.1, -0.05) is 13.0 Å². The van der Waals surface area contributed by atoms with E-state index in [1.807, 2.05) is 0 Å². The average Bonchev–Trinajstić information content (AvgIpc) is 2.16. The van der Waals surface area contributed by atoms with Gasteiger partial charge in [0.05, 0.1) is 0 Å². The van der Waals surface area contributed by atoms with E-state index in [1.165, 1.54) is 25.3 Å². The predicted molar refractivity (Wildman–Crippen MR) is 46.6 cm³/mol. The molecular formula is C9H15NO2. The molecule has 0 bridgehead atoms. The van der Waals surface area contributed by atoms with Crippen molar-refractivity contribution in [3.05, 3.63) is 12.7 Å². The second kappa shape index (κ2) is 4.93. The van der Waals surface area contributed by atoms with Crippen molar-refractivity contribution >= 4 is 5.97 Å². The number of ether oxygens (including phenoxy) is 1. The second-order valence-corrected chi connectivity index (χ2v) is 2.98. The molecule has 1 fully saturated rings. The van der Waals surface area contributed by atoms with E-state index in [9.17, 15) is 4.79 Å². The Balaban J connectivity index is 2.12. The topological polar surface area (TPSA) is 29.5 Å². The Morgan fingerprint density at radius 1 is 1.42 bits per heavy atom. The normalized spacial score (nSPS) is 18.7. The van der Waals surface area contributed by atoms with Crippen LogP contribution in [0.3, 0.4) is 0 Å². The van der Waals surface area contributed by atoms with Gasteiger partial charge in [0.2, 0.25) is 0 Å². The lowest BCUT2D eigenvalue weighted by Gasteiger charge is -2.25. The predicted octanol–water partition coefficient (Wildman–Crippen LogP) is 1.16. The Morgan fingerprint density at radius 3 is 2.67 bits per heavy atom. The fourth-order valence-corrected chi connectivity index (χ4v) is 1.30. The van der Waals surface area contributed by atoms with Crippen molar-refractivity contribution in [3.8, 4) is 0 Å². The zero-order chi connectivity index (χ0) is 8.81. The Kier molecular flexibility index (Phi) is 3.80. The van der Waals surface area contributed by atoms with Gasteiger partial charge in [-0.25, -0.2) is 4.79 Å². The Morgan fingerprint density at radius 2 is 2.08 bits per heavy atom. The van der Waals surface area contributed by atoms with Crippen molar-refractivity contribution < 1.29 is 9.53 Å². The minimum Gasteiger partial charge on any atom is -0.446 e. The third kappa shape index (κ3) is 3.05. The molecule has 68 valence electrons. The van der Waals surface area contributed by atoms with E-state index in [1.54, 1.807) is 0 Å². The maximum absolute atomic E-state index is 10.7. The number of rotatable bonds is 3. The van der Waals surface area contributed by atoms with Crippen LogP contribution in [0.25, 0.3) is 0 Å². The van der Waals surface area contributed by atoms with Gasteiger partial charge >= 0.3 is 5.97 Å². The number of likely N-dealkylation sites (tertiary alicyclic amines) is 1. The molecule has 0 N–H and O–H groups in total. The zero-order valence-corrected chi connectivity index (χ0v) is 7.29. The van der Waals surface area contributed by atoms with E-state index in [0.29, 0.717) is 6.73 Å². The highest BCUT2D eigenvalue weighted by Gasteiger charge is 2.10. The molecule has 0 spiro atoms. The van der Waals surface area contributed by atoms with Gasteiger partial charge in [0, 0.05) is 19.2 Å². The Bertz CT molecular complexity index is 162. The molecule has 0 aliphatic carbocycles. The summed E-state index contributed by atoms with van der Waals surface area (Å²) in [5, 5.41) is 0. The van der Waals surface area contributed by atoms with Gasteiger partial charge in [-0.2, -0.15) is 0 Å². The van der Waals surface area contributed by atoms with E-state index < -0.39 is 0 Å². The van der Waals surface area contributed by atoms with E-state index >= 15 is 0 Å². The van der Waals surface area contributed by atoms with Crippen LogP contribution in [0.4, 0.5) is 0 Å². The third-order valence-corrected chi connectivity index (χ3v) is 2.00. The molecule has 1 saturated heterocycles. The van der Waals surface area contributed by atoms with Gasteiger partial charge in [0.1, 0.15) is 6.73 Å². The first-order valence-corrected chi connectivity index (χ1v) is 4.34. The molecule has 3 nitrogen and oxygen atoms in total. The summed E-state index contributed by atoms with van der Waals surface area (Å²) >= 11 is 0. The van der Waals surface area contributed by atoms with Crippen LogP contribution in [-0.2, 0) is 9.53 Å². The van der Waals surface area contributed by atoms with Crippen LogP contribution in [0.5, 0.6) is 0 Å². The van der Waals surface area contributed by atoms with E-state index in [2.05, 4.69) is 11.5 Å². The third-order valence-electron chi connectivity index (χ3n) is 2.00. The molecule has 0 radical (unpaired) electrons. The van der Waals surface area contributed by atoms with Crippen molar-refractivity contribution in [1.82, 2.24) is 4.90 Å². The standard InChI is InChI=1S/C9H15NO2/c1-2-9(11)12-8-10-6-4-3-5-7-10/h2H,1,3-8H2. The first kappa shape index (κ1) is 9.26. The summed E-state index contributed by atoms with van der Waals surface area (Å²) in [6.07, 6.45) is 4.92. The monoisotopic (exact) mass is 169 g/mol. The lowest BCUT2D eigenvalue weighted by molar-refractivity contribution is -0.142. The van der Waals surface area contributed by atoms with Crippen molar-refractivity contribution in [3.63, 3.8) is 0 Å². The quantitative estimate of drug-likeness (QED) is 0.469. The SMILES string of the molecule is C=CC(=O)OCN1CCCCC1. The Hall–Kier alpha value is -0.830. The number of carbonyl (C=O) groups excluding carboxylic acids is 1. The molecule has 0 unspecified atom stereocenters. The average molecular weight is 169 g/mol. The van der Waals surface area contributed by atoms with Crippen molar-refractivity contribution in [2.45, 2.75) is 19.3 Å². The summed E-state index contributed by atoms with van der Waals surface area (Å²) in [5.41, 5.74) is 0. The molecule has 0 amide bonds. The summed E-state index contributed by atoms with van der Waals surface area (Å²) < 4.78 is 4.90. The van der Waals surface area contributed by atoms with Crippen molar-refractivity contribution in [1.29, 1.82) is 0 Å². The minimum absolute atomic E-state index is 0.333. The number of hydrogen-bond acceptors (Lipinski definition) is 3. The molecule has 1 aliphatic heterocycles. The van der Waals surface area contributed by atoms with Gasteiger partial charge in [-0.05, 0) is 12.8 Å². The van der Waals surface area contributed by atoms with Crippen LogP contribution in [-0.4, -0.2) is 30.7 Å². The van der Waals surface area contributed by atoms with Crippen LogP contribution in [0.1, 0.15) is 19.3 Å². The summed E-state index contributed by atoms with van der Waals surface area (Å²) in [6, 6.07) is 0. The fraction of sp³-hybridized carbons (Fsp3) is 0.667. The highest BCUT2D eigenvalue weighted by molar-refractivity contribution is 5.81. The molecule has 0 atom stereocenters. The minimum atomic E-state index is -0.333. The van der Waals surface area contributed by atoms with Gasteiger partial charge in [-0.15, -0.1) is 0 Å². The number of hydrogen-bond donors (Lipinski definition) is 0. The molecule has 1 heterocycles. The zero-order valence-electron chi connectivity index (χ0n) is 7.29. The molecule has 0 saturated carbocycles. The highest BCUT2D eigenvalue weighted by atomic mass is 16.5. The highest BCUT2D eigenvalue weighted by Crippen LogP contribution is 2.07. The van der Waals surface area contributed by atoms with Gasteiger partial charge in [0.15, 0.2) is 0 Å². The van der Waals surface area contributed by atoms with Crippen LogP contribution >= 0.6 is 0 Å². The van der Waals surface area contributed by atoms with E-state index in [-0.39, 0.29) is 5.97 Å². The lowest BCUT2D eigenvalue weighted by Crippen LogP contribution is -2.32. The van der Waals surface area contributed by atoms with Crippen LogP contribution in [0, 0.1) is 0 Å².